The normalized spacial score (nSPS) is 24.8. The Morgan fingerprint density at radius 3 is 2.47 bits per heavy atom. The van der Waals surface area contributed by atoms with Gasteiger partial charge in [-0.05, 0) is 5.56 Å². The number of hydrogen-bond donors (Lipinski definition) is 0. The average Bonchev–Trinajstić information content (AvgIpc) is 2.41. The molecule has 0 spiro atoms. The van der Waals surface area contributed by atoms with Crippen LogP contribution in [-0.4, -0.2) is 36.5 Å². The average molecular weight is 348 g/mol. The van der Waals surface area contributed by atoms with Crippen LogP contribution in [0.1, 0.15) is 5.56 Å². The van der Waals surface area contributed by atoms with Crippen molar-refractivity contribution in [2.75, 3.05) is 24.2 Å². The third kappa shape index (κ3) is 4.54. The molecule has 0 amide bonds. The molecule has 1 heterocycles. The number of rotatable bonds is 5. The maximum absolute atomic E-state index is 5.66. The van der Waals surface area contributed by atoms with Gasteiger partial charge in [0, 0.05) is 4.43 Å². The minimum Gasteiger partial charge on any atom is -0.374 e. The Kier molecular flexibility index (Phi) is 5.70. The van der Waals surface area contributed by atoms with Gasteiger partial charge >= 0.3 is 0 Å². The van der Waals surface area contributed by atoms with E-state index in [1.807, 2.05) is 18.2 Å². The molecule has 17 heavy (non-hydrogen) atoms. The third-order valence-corrected chi connectivity index (χ3v) is 3.61. The molecule has 0 radical (unpaired) electrons. The van der Waals surface area contributed by atoms with Crippen molar-refractivity contribution < 1.29 is 14.2 Å². The molecule has 1 aromatic carbocycles. The standard InChI is InChI=1S/C13H17IO3/c14-6-12-9-17-13(10-16-12)8-15-7-11-4-2-1-3-5-11/h1-5,12-13H,6-10H2. The maximum atomic E-state index is 5.66. The predicted molar refractivity (Wildman–Crippen MR) is 74.5 cm³/mol. The first-order valence-corrected chi connectivity index (χ1v) is 7.32. The zero-order valence-corrected chi connectivity index (χ0v) is 11.8. The quantitative estimate of drug-likeness (QED) is 0.604. The molecule has 1 aliphatic heterocycles. The first-order valence-electron chi connectivity index (χ1n) is 5.79. The van der Waals surface area contributed by atoms with E-state index in [4.69, 9.17) is 14.2 Å². The Morgan fingerprint density at radius 2 is 1.82 bits per heavy atom. The third-order valence-electron chi connectivity index (χ3n) is 2.62. The van der Waals surface area contributed by atoms with Crippen LogP contribution in [0.15, 0.2) is 30.3 Å². The van der Waals surface area contributed by atoms with Gasteiger partial charge in [-0.15, -0.1) is 0 Å². The fourth-order valence-electron chi connectivity index (χ4n) is 1.65. The number of ether oxygens (including phenoxy) is 3. The Labute approximate surface area is 116 Å². The van der Waals surface area contributed by atoms with Crippen LogP contribution in [0.3, 0.4) is 0 Å². The highest BCUT2D eigenvalue weighted by atomic mass is 127. The fraction of sp³-hybridized carbons (Fsp3) is 0.538. The highest BCUT2D eigenvalue weighted by Crippen LogP contribution is 2.10. The van der Waals surface area contributed by atoms with Gasteiger partial charge in [0.15, 0.2) is 0 Å². The van der Waals surface area contributed by atoms with Gasteiger partial charge in [-0.25, -0.2) is 0 Å². The fourth-order valence-corrected chi connectivity index (χ4v) is 2.16. The summed E-state index contributed by atoms with van der Waals surface area (Å²) in [6.45, 7) is 2.56. The van der Waals surface area contributed by atoms with Crippen molar-refractivity contribution in [3.63, 3.8) is 0 Å². The van der Waals surface area contributed by atoms with Gasteiger partial charge in [-0.2, -0.15) is 0 Å². The summed E-state index contributed by atoms with van der Waals surface area (Å²) in [4.78, 5) is 0. The van der Waals surface area contributed by atoms with Gasteiger partial charge in [-0.3, -0.25) is 0 Å². The maximum Gasteiger partial charge on any atom is 0.104 e. The van der Waals surface area contributed by atoms with Gasteiger partial charge in [0.2, 0.25) is 0 Å². The van der Waals surface area contributed by atoms with E-state index in [9.17, 15) is 0 Å². The van der Waals surface area contributed by atoms with Gasteiger partial charge in [0.25, 0.3) is 0 Å². The number of halogens is 1. The second-order valence-electron chi connectivity index (χ2n) is 4.07. The lowest BCUT2D eigenvalue weighted by atomic mass is 10.2. The van der Waals surface area contributed by atoms with Crippen LogP contribution in [0.2, 0.25) is 0 Å². The van der Waals surface area contributed by atoms with Gasteiger partial charge in [0.05, 0.1) is 32.5 Å². The second-order valence-corrected chi connectivity index (χ2v) is 4.95. The zero-order chi connectivity index (χ0) is 11.9. The van der Waals surface area contributed by atoms with E-state index in [1.54, 1.807) is 0 Å². The van der Waals surface area contributed by atoms with Crippen molar-refractivity contribution in [3.05, 3.63) is 35.9 Å². The minimum absolute atomic E-state index is 0.0814. The molecule has 3 nitrogen and oxygen atoms in total. The van der Waals surface area contributed by atoms with Crippen LogP contribution in [0.5, 0.6) is 0 Å². The highest BCUT2D eigenvalue weighted by molar-refractivity contribution is 14.1. The molecular weight excluding hydrogens is 331 g/mol. The van der Waals surface area contributed by atoms with Crippen LogP contribution in [-0.2, 0) is 20.8 Å². The van der Waals surface area contributed by atoms with Crippen molar-refractivity contribution in [1.29, 1.82) is 0 Å². The molecule has 2 atom stereocenters. The topological polar surface area (TPSA) is 27.7 Å². The molecule has 0 bridgehead atoms. The van der Waals surface area contributed by atoms with Crippen molar-refractivity contribution in [2.45, 2.75) is 18.8 Å². The number of benzene rings is 1. The van der Waals surface area contributed by atoms with Crippen LogP contribution in [0.25, 0.3) is 0 Å². The molecule has 2 unspecified atom stereocenters. The van der Waals surface area contributed by atoms with Gasteiger partial charge in [0.1, 0.15) is 6.10 Å². The Morgan fingerprint density at radius 1 is 1.12 bits per heavy atom. The van der Waals surface area contributed by atoms with E-state index in [-0.39, 0.29) is 12.2 Å². The van der Waals surface area contributed by atoms with E-state index in [0.29, 0.717) is 26.4 Å². The van der Waals surface area contributed by atoms with Crippen molar-refractivity contribution >= 4 is 22.6 Å². The van der Waals surface area contributed by atoms with Gasteiger partial charge < -0.3 is 14.2 Å². The molecular formula is C13H17IO3. The van der Waals surface area contributed by atoms with Crippen LogP contribution >= 0.6 is 22.6 Å². The molecule has 0 N–H and O–H groups in total. The molecule has 1 aromatic rings. The van der Waals surface area contributed by atoms with Crippen molar-refractivity contribution in [3.8, 4) is 0 Å². The number of alkyl halides is 1. The summed E-state index contributed by atoms with van der Waals surface area (Å²) in [6, 6.07) is 10.2. The summed E-state index contributed by atoms with van der Waals surface area (Å²) in [5.74, 6) is 0. The first kappa shape index (κ1) is 13.3. The van der Waals surface area contributed by atoms with Crippen molar-refractivity contribution in [1.82, 2.24) is 0 Å². The smallest absolute Gasteiger partial charge is 0.104 e. The second kappa shape index (κ2) is 7.31. The van der Waals surface area contributed by atoms with Crippen LogP contribution < -0.4 is 0 Å². The molecule has 1 fully saturated rings. The molecule has 1 aliphatic rings. The Bertz CT molecular complexity index is 310. The largest absolute Gasteiger partial charge is 0.374 e. The Hall–Kier alpha value is -0.170. The van der Waals surface area contributed by atoms with E-state index >= 15 is 0 Å². The molecule has 2 rings (SSSR count). The number of hydrogen-bond acceptors (Lipinski definition) is 3. The monoisotopic (exact) mass is 348 g/mol. The molecule has 94 valence electrons. The summed E-state index contributed by atoms with van der Waals surface area (Å²) in [5.41, 5.74) is 1.19. The van der Waals surface area contributed by atoms with Crippen molar-refractivity contribution in [2.24, 2.45) is 0 Å². The lowest BCUT2D eigenvalue weighted by Gasteiger charge is -2.28. The van der Waals surface area contributed by atoms with Crippen LogP contribution in [0.4, 0.5) is 0 Å². The summed E-state index contributed by atoms with van der Waals surface area (Å²) in [7, 11) is 0. The molecule has 0 saturated carbocycles. The SMILES string of the molecule is ICC1COC(COCc2ccccc2)CO1. The van der Waals surface area contributed by atoms with E-state index in [2.05, 4.69) is 34.7 Å². The van der Waals surface area contributed by atoms with E-state index in [1.165, 1.54) is 5.56 Å². The highest BCUT2D eigenvalue weighted by Gasteiger charge is 2.21. The lowest BCUT2D eigenvalue weighted by Crippen LogP contribution is -2.38. The molecule has 0 aromatic heterocycles. The summed E-state index contributed by atoms with van der Waals surface area (Å²) >= 11 is 2.31. The summed E-state index contributed by atoms with van der Waals surface area (Å²) in [6.07, 6.45) is 0.332. The lowest BCUT2D eigenvalue weighted by molar-refractivity contribution is -0.145. The Balaban J connectivity index is 1.63. The summed E-state index contributed by atoms with van der Waals surface area (Å²) < 4.78 is 17.9. The van der Waals surface area contributed by atoms with Crippen LogP contribution in [0, 0.1) is 0 Å². The summed E-state index contributed by atoms with van der Waals surface area (Å²) in [5, 5.41) is 0. The molecule has 1 saturated heterocycles. The minimum atomic E-state index is 0.0814. The van der Waals surface area contributed by atoms with E-state index < -0.39 is 0 Å². The zero-order valence-electron chi connectivity index (χ0n) is 9.68. The predicted octanol–water partition coefficient (Wildman–Crippen LogP) is 2.42. The first-order chi connectivity index (χ1) is 8.38. The molecule has 0 aliphatic carbocycles. The molecule has 4 heteroatoms. The van der Waals surface area contributed by atoms with E-state index in [0.717, 1.165) is 4.43 Å². The van der Waals surface area contributed by atoms with Gasteiger partial charge in [-0.1, -0.05) is 52.9 Å².